The van der Waals surface area contributed by atoms with Gasteiger partial charge in [0.15, 0.2) is 0 Å². The van der Waals surface area contributed by atoms with E-state index in [1.54, 1.807) is 0 Å². The monoisotopic (exact) mass is 456 g/mol. The number of hydrogen-bond donors (Lipinski definition) is 2. The molecule has 5 rings (SSSR count). The number of hydrogen-bond acceptors (Lipinski definition) is 4. The number of para-hydroxylation sites is 1. The summed E-state index contributed by atoms with van der Waals surface area (Å²) in [5.74, 6) is 1.83. The molecule has 2 unspecified atom stereocenters. The van der Waals surface area contributed by atoms with E-state index >= 15 is 0 Å². The summed E-state index contributed by atoms with van der Waals surface area (Å²) in [4.78, 5) is 2.43. The Morgan fingerprint density at radius 1 is 1.03 bits per heavy atom. The zero-order chi connectivity index (χ0) is 23.3. The number of benzene rings is 3. The van der Waals surface area contributed by atoms with Gasteiger partial charge in [-0.3, -0.25) is 4.90 Å². The molecule has 1 aliphatic carbocycles. The molecule has 3 aromatic carbocycles. The summed E-state index contributed by atoms with van der Waals surface area (Å²) < 4.78 is 5.91. The van der Waals surface area contributed by atoms with E-state index in [0.29, 0.717) is 17.7 Å². The van der Waals surface area contributed by atoms with E-state index in [1.807, 2.05) is 12.1 Å². The number of phenolic OH excluding ortho intramolecular Hbond substituents is 1. The van der Waals surface area contributed by atoms with Gasteiger partial charge in [0.05, 0.1) is 0 Å². The average molecular weight is 457 g/mol. The van der Waals surface area contributed by atoms with E-state index in [9.17, 15) is 5.11 Å². The Morgan fingerprint density at radius 2 is 1.85 bits per heavy atom. The summed E-state index contributed by atoms with van der Waals surface area (Å²) in [5, 5.41) is 13.6. The first kappa shape index (κ1) is 22.8. The number of nitrogens with zero attached hydrogens (tertiary/aromatic N) is 1. The van der Waals surface area contributed by atoms with Gasteiger partial charge in [0.2, 0.25) is 0 Å². The first-order valence-corrected chi connectivity index (χ1v) is 12.7. The molecule has 2 atom stereocenters. The van der Waals surface area contributed by atoms with Crippen LogP contribution in [0.4, 0.5) is 5.69 Å². The van der Waals surface area contributed by atoms with Crippen LogP contribution in [0, 0.1) is 0 Å². The van der Waals surface area contributed by atoms with Crippen LogP contribution in [0.2, 0.25) is 0 Å². The summed E-state index contributed by atoms with van der Waals surface area (Å²) >= 11 is 0. The maximum atomic E-state index is 9.80. The van der Waals surface area contributed by atoms with Crippen molar-refractivity contribution in [3.05, 3.63) is 89.0 Å². The van der Waals surface area contributed by atoms with Crippen LogP contribution in [0.1, 0.15) is 47.9 Å². The molecule has 2 N–H and O–H groups in total. The average Bonchev–Trinajstić information content (AvgIpc) is 2.82. The third-order valence-corrected chi connectivity index (χ3v) is 7.31. The molecular formula is C30H36N2O2. The van der Waals surface area contributed by atoms with E-state index in [-0.39, 0.29) is 0 Å². The molecule has 0 radical (unpaired) electrons. The quantitative estimate of drug-likeness (QED) is 0.428. The van der Waals surface area contributed by atoms with Gasteiger partial charge >= 0.3 is 0 Å². The largest absolute Gasteiger partial charge is 0.508 e. The van der Waals surface area contributed by atoms with Crippen LogP contribution >= 0.6 is 0 Å². The first-order chi connectivity index (χ1) is 16.6. The van der Waals surface area contributed by atoms with Gasteiger partial charge in [-0.2, -0.15) is 0 Å². The molecule has 0 bridgehead atoms. The second-order valence-electron chi connectivity index (χ2n) is 9.92. The molecule has 0 aromatic heterocycles. The van der Waals surface area contributed by atoms with Crippen LogP contribution in [-0.4, -0.2) is 42.3 Å². The Balaban J connectivity index is 1.17. The third kappa shape index (κ3) is 5.56. The number of nitrogens with one attached hydrogen (secondary N) is 1. The van der Waals surface area contributed by atoms with Gasteiger partial charge in [0.25, 0.3) is 0 Å². The fourth-order valence-corrected chi connectivity index (χ4v) is 5.28. The molecule has 1 saturated heterocycles. The van der Waals surface area contributed by atoms with E-state index < -0.39 is 0 Å². The topological polar surface area (TPSA) is 44.7 Å². The lowest BCUT2D eigenvalue weighted by atomic mass is 9.79. The molecule has 4 heteroatoms. The van der Waals surface area contributed by atoms with Crippen molar-refractivity contribution in [2.75, 3.05) is 31.6 Å². The smallest absolute Gasteiger partial charge is 0.119 e. The summed E-state index contributed by atoms with van der Waals surface area (Å²) in [6, 6.07) is 23.5. The number of anilines is 1. The van der Waals surface area contributed by atoms with E-state index in [1.165, 1.54) is 47.5 Å². The Hall–Kier alpha value is -2.98. The first-order valence-electron chi connectivity index (χ1n) is 12.7. The van der Waals surface area contributed by atoms with Crippen molar-refractivity contribution in [2.24, 2.45) is 0 Å². The van der Waals surface area contributed by atoms with Gasteiger partial charge in [-0.25, -0.2) is 0 Å². The van der Waals surface area contributed by atoms with Crippen LogP contribution in [0.5, 0.6) is 11.5 Å². The molecule has 0 saturated carbocycles. The number of fused-ring (bicyclic) bond motifs is 1. The molecule has 1 fully saturated rings. The number of ether oxygens (including phenoxy) is 1. The maximum Gasteiger partial charge on any atom is 0.119 e. The highest BCUT2D eigenvalue weighted by atomic mass is 16.5. The molecule has 178 valence electrons. The third-order valence-electron chi connectivity index (χ3n) is 7.31. The number of aryl methyl sites for hydroxylation is 1. The number of likely N-dealkylation sites (tertiary alicyclic amines) is 1. The second kappa shape index (κ2) is 10.5. The molecule has 0 amide bonds. The minimum atomic E-state index is 0.326. The predicted octanol–water partition coefficient (Wildman–Crippen LogP) is 5.79. The second-order valence-corrected chi connectivity index (χ2v) is 9.92. The van der Waals surface area contributed by atoms with Crippen molar-refractivity contribution in [2.45, 2.75) is 51.0 Å². The van der Waals surface area contributed by atoms with Crippen molar-refractivity contribution in [1.29, 1.82) is 0 Å². The highest BCUT2D eigenvalue weighted by Gasteiger charge is 2.23. The zero-order valence-electron chi connectivity index (χ0n) is 20.2. The van der Waals surface area contributed by atoms with Gasteiger partial charge in [-0.15, -0.1) is 0 Å². The molecule has 0 spiro atoms. The van der Waals surface area contributed by atoms with Crippen molar-refractivity contribution >= 4 is 5.69 Å². The van der Waals surface area contributed by atoms with Crippen molar-refractivity contribution in [3.8, 4) is 11.5 Å². The standard InChI is InChI=1S/C30H36N2O2/c1-22(19-23-7-13-28(14-8-23)34-18-17-32-15-4-16-32)31-30-6-3-2-5-29(30)26-10-9-25-21-27(33)12-11-24(25)20-26/h2-3,5-8,11-14,21-22,26,31,33H,4,9-10,15-20H2,1H3. The maximum absolute atomic E-state index is 9.80. The fourth-order valence-electron chi connectivity index (χ4n) is 5.28. The van der Waals surface area contributed by atoms with Gasteiger partial charge in [-0.05, 0) is 111 Å². The van der Waals surface area contributed by atoms with Gasteiger partial charge in [0.1, 0.15) is 18.1 Å². The number of phenols is 1. The molecule has 34 heavy (non-hydrogen) atoms. The summed E-state index contributed by atoms with van der Waals surface area (Å²) in [7, 11) is 0. The van der Waals surface area contributed by atoms with Crippen LogP contribution in [0.3, 0.4) is 0 Å². The Bertz CT molecular complexity index is 1090. The van der Waals surface area contributed by atoms with Gasteiger partial charge in [0, 0.05) is 18.3 Å². The Kier molecular flexibility index (Phi) is 7.05. The minimum absolute atomic E-state index is 0.326. The van der Waals surface area contributed by atoms with E-state index in [4.69, 9.17) is 4.74 Å². The molecular weight excluding hydrogens is 420 g/mol. The molecule has 2 aliphatic rings. The number of rotatable bonds is 9. The normalized spacial score (nSPS) is 18.6. The molecule has 1 heterocycles. The van der Waals surface area contributed by atoms with Gasteiger partial charge < -0.3 is 15.2 Å². The Morgan fingerprint density at radius 3 is 2.65 bits per heavy atom. The van der Waals surface area contributed by atoms with Crippen molar-refractivity contribution < 1.29 is 9.84 Å². The van der Waals surface area contributed by atoms with E-state index in [2.05, 4.69) is 71.7 Å². The number of aromatic hydroxyl groups is 1. The molecule has 4 nitrogen and oxygen atoms in total. The highest BCUT2D eigenvalue weighted by Crippen LogP contribution is 2.37. The SMILES string of the molecule is CC(Cc1ccc(OCCN2CCC2)cc1)Nc1ccccc1C1CCc2cc(O)ccc2C1. The lowest BCUT2D eigenvalue weighted by Gasteiger charge is -2.30. The highest BCUT2D eigenvalue weighted by molar-refractivity contribution is 5.55. The van der Waals surface area contributed by atoms with Crippen molar-refractivity contribution in [3.63, 3.8) is 0 Å². The lowest BCUT2D eigenvalue weighted by Crippen LogP contribution is -2.39. The van der Waals surface area contributed by atoms with Crippen LogP contribution in [0.15, 0.2) is 66.7 Å². The van der Waals surface area contributed by atoms with E-state index in [0.717, 1.165) is 44.6 Å². The van der Waals surface area contributed by atoms with Crippen LogP contribution in [0.25, 0.3) is 0 Å². The van der Waals surface area contributed by atoms with Gasteiger partial charge in [-0.1, -0.05) is 36.4 Å². The zero-order valence-corrected chi connectivity index (χ0v) is 20.2. The molecule has 3 aromatic rings. The minimum Gasteiger partial charge on any atom is -0.508 e. The van der Waals surface area contributed by atoms with Crippen molar-refractivity contribution in [1.82, 2.24) is 4.90 Å². The lowest BCUT2D eigenvalue weighted by molar-refractivity contribution is 0.147. The van der Waals surface area contributed by atoms with Crippen LogP contribution in [-0.2, 0) is 19.3 Å². The van der Waals surface area contributed by atoms with Crippen LogP contribution < -0.4 is 10.1 Å². The fraction of sp³-hybridized carbons (Fsp3) is 0.400. The summed E-state index contributed by atoms with van der Waals surface area (Å²) in [6.45, 7) is 6.48. The summed E-state index contributed by atoms with van der Waals surface area (Å²) in [6.07, 6.45) is 5.45. The molecule has 1 aliphatic heterocycles. The Labute approximate surface area is 203 Å². The predicted molar refractivity (Wildman–Crippen MR) is 139 cm³/mol. The summed E-state index contributed by atoms with van der Waals surface area (Å²) in [5.41, 5.74) is 6.62.